The van der Waals surface area contributed by atoms with Crippen LogP contribution in [0.15, 0.2) is 30.3 Å². The maximum Gasteiger partial charge on any atom is 0.230 e. The Morgan fingerprint density at radius 3 is 2.75 bits per heavy atom. The molecular weight excluding hydrogens is 352 g/mol. The van der Waals surface area contributed by atoms with Crippen molar-refractivity contribution in [2.75, 3.05) is 32.8 Å². The van der Waals surface area contributed by atoms with Crippen LogP contribution in [0.2, 0.25) is 0 Å². The summed E-state index contributed by atoms with van der Waals surface area (Å²) in [6, 6.07) is 10.1. The molecule has 2 amide bonds. The molecule has 0 bridgehead atoms. The molecule has 1 spiro atoms. The molecule has 2 saturated heterocycles. The van der Waals surface area contributed by atoms with Crippen LogP contribution >= 0.6 is 0 Å². The molecule has 0 aromatic heterocycles. The standard InChI is InChI=1S/C23H32N2O3/c26-21(8-4-15-28-17-20-6-2-1-3-7-20)25-14-12-23(18-25)11-5-13-24(22(23)27)16-19-9-10-19/h1-3,6-7,19H,4-5,8-18H2. The van der Waals surface area contributed by atoms with Gasteiger partial charge in [0.2, 0.25) is 11.8 Å². The van der Waals surface area contributed by atoms with E-state index < -0.39 is 0 Å². The molecule has 2 aliphatic heterocycles. The molecule has 0 N–H and O–H groups in total. The van der Waals surface area contributed by atoms with Crippen LogP contribution in [0.4, 0.5) is 0 Å². The summed E-state index contributed by atoms with van der Waals surface area (Å²) in [5.41, 5.74) is 0.856. The van der Waals surface area contributed by atoms with Gasteiger partial charge in [-0.2, -0.15) is 0 Å². The lowest BCUT2D eigenvalue weighted by molar-refractivity contribution is -0.146. The number of hydrogen-bond donors (Lipinski definition) is 0. The molecule has 1 aromatic carbocycles. The molecule has 1 saturated carbocycles. The highest BCUT2D eigenvalue weighted by molar-refractivity contribution is 5.86. The highest BCUT2D eigenvalue weighted by Gasteiger charge is 2.49. The van der Waals surface area contributed by atoms with Crippen LogP contribution in [0.3, 0.4) is 0 Å². The highest BCUT2D eigenvalue weighted by Crippen LogP contribution is 2.41. The fourth-order valence-corrected chi connectivity index (χ4v) is 4.65. The largest absolute Gasteiger partial charge is 0.377 e. The van der Waals surface area contributed by atoms with E-state index in [1.54, 1.807) is 0 Å². The van der Waals surface area contributed by atoms with Crippen molar-refractivity contribution in [3.05, 3.63) is 35.9 Å². The summed E-state index contributed by atoms with van der Waals surface area (Å²) in [6.07, 6.45) is 6.64. The Morgan fingerprint density at radius 1 is 1.14 bits per heavy atom. The molecular formula is C23H32N2O3. The maximum absolute atomic E-state index is 13.1. The van der Waals surface area contributed by atoms with Gasteiger partial charge in [0.15, 0.2) is 0 Å². The van der Waals surface area contributed by atoms with Crippen LogP contribution in [0.5, 0.6) is 0 Å². The monoisotopic (exact) mass is 384 g/mol. The van der Waals surface area contributed by atoms with E-state index in [4.69, 9.17) is 4.74 Å². The average molecular weight is 385 g/mol. The first-order valence-corrected chi connectivity index (χ1v) is 10.9. The topological polar surface area (TPSA) is 49.9 Å². The van der Waals surface area contributed by atoms with E-state index >= 15 is 0 Å². The van der Waals surface area contributed by atoms with Crippen LogP contribution in [-0.4, -0.2) is 54.4 Å². The van der Waals surface area contributed by atoms with Crippen molar-refractivity contribution < 1.29 is 14.3 Å². The number of hydrogen-bond acceptors (Lipinski definition) is 3. The third-order valence-corrected chi connectivity index (χ3v) is 6.50. The first-order chi connectivity index (χ1) is 13.7. The van der Waals surface area contributed by atoms with E-state index in [1.165, 1.54) is 12.8 Å². The van der Waals surface area contributed by atoms with E-state index in [1.807, 2.05) is 35.2 Å². The number of benzene rings is 1. The molecule has 3 fully saturated rings. The minimum atomic E-state index is -0.299. The minimum Gasteiger partial charge on any atom is -0.377 e. The summed E-state index contributed by atoms with van der Waals surface area (Å²) < 4.78 is 5.69. The van der Waals surface area contributed by atoms with E-state index in [-0.39, 0.29) is 11.3 Å². The molecule has 2 heterocycles. The smallest absolute Gasteiger partial charge is 0.230 e. The van der Waals surface area contributed by atoms with Gasteiger partial charge in [0.25, 0.3) is 0 Å². The lowest BCUT2D eigenvalue weighted by Crippen LogP contribution is -2.50. The van der Waals surface area contributed by atoms with Crippen LogP contribution in [0, 0.1) is 11.3 Å². The number of amides is 2. The second-order valence-electron chi connectivity index (χ2n) is 8.79. The zero-order valence-electron chi connectivity index (χ0n) is 16.8. The highest BCUT2D eigenvalue weighted by atomic mass is 16.5. The minimum absolute atomic E-state index is 0.173. The van der Waals surface area contributed by atoms with E-state index in [0.717, 1.165) is 56.8 Å². The van der Waals surface area contributed by atoms with Gasteiger partial charge in [-0.3, -0.25) is 9.59 Å². The van der Waals surface area contributed by atoms with Gasteiger partial charge >= 0.3 is 0 Å². The summed E-state index contributed by atoms with van der Waals surface area (Å²) in [5.74, 6) is 1.22. The normalized spacial score (nSPS) is 24.9. The van der Waals surface area contributed by atoms with Gasteiger partial charge in [0.1, 0.15) is 0 Å². The summed E-state index contributed by atoms with van der Waals surface area (Å²) >= 11 is 0. The molecule has 5 heteroatoms. The summed E-state index contributed by atoms with van der Waals surface area (Å²) in [7, 11) is 0. The Hall–Kier alpha value is -1.88. The molecule has 4 rings (SSSR count). The van der Waals surface area contributed by atoms with Crippen LogP contribution in [-0.2, 0) is 20.9 Å². The average Bonchev–Trinajstić information content (AvgIpc) is 3.43. The lowest BCUT2D eigenvalue weighted by atomic mass is 9.78. The van der Waals surface area contributed by atoms with Crippen molar-refractivity contribution in [1.29, 1.82) is 0 Å². The quantitative estimate of drug-likeness (QED) is 0.647. The zero-order valence-corrected chi connectivity index (χ0v) is 16.8. The Kier molecular flexibility index (Phi) is 6.00. The molecule has 1 atom stereocenters. The summed E-state index contributed by atoms with van der Waals surface area (Å²) in [6.45, 7) is 4.38. The molecule has 1 aliphatic carbocycles. The number of ether oxygens (including phenoxy) is 1. The Labute approximate surface area is 168 Å². The fourth-order valence-electron chi connectivity index (χ4n) is 4.65. The first-order valence-electron chi connectivity index (χ1n) is 10.9. The summed E-state index contributed by atoms with van der Waals surface area (Å²) in [4.78, 5) is 29.7. The van der Waals surface area contributed by atoms with Gasteiger partial charge in [-0.1, -0.05) is 30.3 Å². The number of likely N-dealkylation sites (tertiary alicyclic amines) is 2. The number of nitrogens with zero attached hydrogens (tertiary/aromatic N) is 2. The number of piperidine rings is 1. The predicted octanol–water partition coefficient (Wildman–Crippen LogP) is 3.23. The van der Waals surface area contributed by atoms with E-state index in [2.05, 4.69) is 4.90 Å². The number of carbonyl (C=O) groups is 2. The van der Waals surface area contributed by atoms with Gasteiger partial charge in [-0.25, -0.2) is 0 Å². The second kappa shape index (κ2) is 8.64. The first kappa shape index (κ1) is 19.4. The van der Waals surface area contributed by atoms with Crippen LogP contribution in [0.1, 0.15) is 50.5 Å². The number of rotatable bonds is 8. The fraction of sp³-hybridized carbons (Fsp3) is 0.652. The van der Waals surface area contributed by atoms with Crippen molar-refractivity contribution in [2.45, 2.75) is 51.6 Å². The van der Waals surface area contributed by atoms with Crippen molar-refractivity contribution in [3.8, 4) is 0 Å². The van der Waals surface area contributed by atoms with E-state index in [9.17, 15) is 9.59 Å². The molecule has 28 heavy (non-hydrogen) atoms. The van der Waals surface area contributed by atoms with Gasteiger partial charge in [-0.15, -0.1) is 0 Å². The predicted molar refractivity (Wildman–Crippen MR) is 108 cm³/mol. The van der Waals surface area contributed by atoms with Crippen LogP contribution < -0.4 is 0 Å². The Bertz CT molecular complexity index is 688. The van der Waals surface area contributed by atoms with Gasteiger partial charge in [0.05, 0.1) is 12.0 Å². The third-order valence-electron chi connectivity index (χ3n) is 6.50. The molecule has 1 unspecified atom stereocenters. The summed E-state index contributed by atoms with van der Waals surface area (Å²) in [5, 5.41) is 0. The van der Waals surface area contributed by atoms with Crippen molar-refractivity contribution >= 4 is 11.8 Å². The molecule has 5 nitrogen and oxygen atoms in total. The van der Waals surface area contributed by atoms with Gasteiger partial charge < -0.3 is 14.5 Å². The number of carbonyl (C=O) groups excluding carboxylic acids is 2. The Balaban J connectivity index is 1.20. The SMILES string of the molecule is O=C(CCCOCc1ccccc1)N1CCC2(CCCN(CC3CC3)C2=O)C1. The van der Waals surface area contributed by atoms with Crippen LogP contribution in [0.25, 0.3) is 0 Å². The molecule has 152 valence electrons. The van der Waals surface area contributed by atoms with E-state index in [0.29, 0.717) is 32.1 Å². The third kappa shape index (κ3) is 4.57. The Morgan fingerprint density at radius 2 is 1.96 bits per heavy atom. The van der Waals surface area contributed by atoms with Crippen molar-refractivity contribution in [2.24, 2.45) is 11.3 Å². The second-order valence-corrected chi connectivity index (χ2v) is 8.79. The van der Waals surface area contributed by atoms with Gasteiger partial charge in [0, 0.05) is 39.2 Å². The van der Waals surface area contributed by atoms with Crippen molar-refractivity contribution in [3.63, 3.8) is 0 Å². The lowest BCUT2D eigenvalue weighted by Gasteiger charge is -2.39. The van der Waals surface area contributed by atoms with Crippen molar-refractivity contribution in [1.82, 2.24) is 9.80 Å². The molecule has 0 radical (unpaired) electrons. The maximum atomic E-state index is 13.1. The van der Waals surface area contributed by atoms with Gasteiger partial charge in [-0.05, 0) is 50.0 Å². The molecule has 1 aromatic rings. The zero-order chi connectivity index (χ0) is 19.4. The molecule has 3 aliphatic rings.